The summed E-state index contributed by atoms with van der Waals surface area (Å²) in [5.74, 6) is 0.294. The number of rotatable bonds is 0. The molecule has 0 spiro atoms. The molecule has 1 aromatic carbocycles. The van der Waals surface area contributed by atoms with Crippen molar-refractivity contribution in [2.45, 2.75) is 0 Å². The maximum absolute atomic E-state index is 9.75. The van der Waals surface area contributed by atoms with Gasteiger partial charge in [-0.1, -0.05) is 12.2 Å². The van der Waals surface area contributed by atoms with E-state index in [1.165, 1.54) is 5.22 Å². The smallest absolute Gasteiger partial charge is 0.141 e. The monoisotopic (exact) mass is 186 g/mol. The molecule has 0 saturated heterocycles. The zero-order chi connectivity index (χ0) is 9.54. The highest BCUT2D eigenvalue weighted by atomic mass is 16.3. The first-order chi connectivity index (χ1) is 6.86. The molecular formula is C11H10N2O. The highest BCUT2D eigenvalue weighted by Crippen LogP contribution is 2.22. The lowest BCUT2D eigenvalue weighted by Crippen LogP contribution is -2.28. The van der Waals surface area contributed by atoms with Gasteiger partial charge in [0.15, 0.2) is 0 Å². The first kappa shape index (κ1) is 7.50. The van der Waals surface area contributed by atoms with Crippen molar-refractivity contribution in [3.63, 3.8) is 0 Å². The number of allylic oxidation sites excluding steroid dienone is 1. The van der Waals surface area contributed by atoms with E-state index in [2.05, 4.69) is 16.7 Å². The maximum atomic E-state index is 9.75. The van der Waals surface area contributed by atoms with Crippen molar-refractivity contribution in [3.8, 4) is 5.75 Å². The van der Waals surface area contributed by atoms with Crippen LogP contribution in [0.15, 0.2) is 18.3 Å². The van der Waals surface area contributed by atoms with E-state index in [-0.39, 0.29) is 0 Å². The van der Waals surface area contributed by atoms with E-state index in [9.17, 15) is 5.11 Å². The molecule has 3 heteroatoms. The largest absolute Gasteiger partial charge is 0.506 e. The summed E-state index contributed by atoms with van der Waals surface area (Å²) in [5, 5.41) is 18.2. The predicted octanol–water partition coefficient (Wildman–Crippen LogP) is 0.318. The maximum Gasteiger partial charge on any atom is 0.141 e. The third kappa shape index (κ3) is 0.865. The molecule has 2 aliphatic rings. The second-order valence-corrected chi connectivity index (χ2v) is 3.40. The summed E-state index contributed by atoms with van der Waals surface area (Å²) in [6.07, 6.45) is 7.89. The molecule has 0 fully saturated rings. The number of phenols is 1. The summed E-state index contributed by atoms with van der Waals surface area (Å²) in [6, 6.07) is 1.76. The number of fused-ring (bicyclic) bond motifs is 3. The molecule has 0 radical (unpaired) electrons. The summed E-state index contributed by atoms with van der Waals surface area (Å²) < 4.78 is 0. The Morgan fingerprint density at radius 1 is 1.29 bits per heavy atom. The van der Waals surface area contributed by atoms with Gasteiger partial charge < -0.3 is 15.7 Å². The molecule has 2 aliphatic heterocycles. The fourth-order valence-electron chi connectivity index (χ4n) is 1.93. The van der Waals surface area contributed by atoms with Crippen molar-refractivity contribution in [2.24, 2.45) is 0 Å². The third-order valence-corrected chi connectivity index (χ3v) is 2.57. The Bertz CT molecular complexity index is 543. The molecule has 2 heterocycles. The van der Waals surface area contributed by atoms with Crippen LogP contribution in [0.2, 0.25) is 0 Å². The van der Waals surface area contributed by atoms with E-state index in [1.807, 2.05) is 18.4 Å². The van der Waals surface area contributed by atoms with Crippen LogP contribution in [0.5, 0.6) is 5.75 Å². The molecule has 3 N–H and O–H groups in total. The average Bonchev–Trinajstić information content (AvgIpc) is 2.66. The van der Waals surface area contributed by atoms with Crippen molar-refractivity contribution >= 4 is 23.5 Å². The Kier molecular flexibility index (Phi) is 1.36. The topological polar surface area (TPSA) is 44.3 Å². The predicted molar refractivity (Wildman–Crippen MR) is 57.5 cm³/mol. The Morgan fingerprint density at radius 2 is 2.21 bits per heavy atom. The normalized spacial score (nSPS) is 15.7. The van der Waals surface area contributed by atoms with Gasteiger partial charge in [-0.3, -0.25) is 0 Å². The Balaban J connectivity index is 2.50. The van der Waals surface area contributed by atoms with Gasteiger partial charge in [0.1, 0.15) is 5.75 Å². The molecule has 0 bridgehead atoms. The number of hydrogen-bond donors (Lipinski definition) is 3. The molecule has 0 atom stereocenters. The van der Waals surface area contributed by atoms with Crippen LogP contribution in [0.3, 0.4) is 0 Å². The van der Waals surface area contributed by atoms with E-state index < -0.39 is 0 Å². The molecule has 70 valence electrons. The SMILES string of the molecule is Oc1cc2c(c3c1NC=CC=3)=CCN2. The van der Waals surface area contributed by atoms with Crippen molar-refractivity contribution in [3.05, 3.63) is 28.8 Å². The van der Waals surface area contributed by atoms with Gasteiger partial charge in [-0.15, -0.1) is 0 Å². The Labute approximate surface area is 81.1 Å². The second-order valence-electron chi connectivity index (χ2n) is 3.40. The molecule has 1 aromatic rings. The van der Waals surface area contributed by atoms with Crippen molar-refractivity contribution in [1.29, 1.82) is 0 Å². The third-order valence-electron chi connectivity index (χ3n) is 2.57. The van der Waals surface area contributed by atoms with E-state index in [0.29, 0.717) is 5.75 Å². The van der Waals surface area contributed by atoms with Crippen molar-refractivity contribution in [2.75, 3.05) is 17.2 Å². The second kappa shape index (κ2) is 2.54. The van der Waals surface area contributed by atoms with Crippen molar-refractivity contribution < 1.29 is 5.11 Å². The number of aromatic hydroxyl groups is 1. The van der Waals surface area contributed by atoms with Crippen LogP contribution in [-0.4, -0.2) is 11.7 Å². The molecule has 0 aliphatic carbocycles. The molecule has 0 aromatic heterocycles. The van der Waals surface area contributed by atoms with Gasteiger partial charge in [-0.25, -0.2) is 0 Å². The minimum absolute atomic E-state index is 0.294. The van der Waals surface area contributed by atoms with Crippen LogP contribution in [0.4, 0.5) is 11.4 Å². The standard InChI is InChI=1S/C11H10N2O/c14-10-6-9-7(3-5-12-9)8-2-1-4-13-11(8)10/h1-4,6,12-14H,5H2. The lowest BCUT2D eigenvalue weighted by atomic mass is 10.1. The average molecular weight is 186 g/mol. The first-order valence-electron chi connectivity index (χ1n) is 4.60. The number of anilines is 2. The van der Waals surface area contributed by atoms with Crippen LogP contribution in [-0.2, 0) is 0 Å². The summed E-state index contributed by atoms with van der Waals surface area (Å²) in [5.41, 5.74) is 1.81. The molecule has 0 unspecified atom stereocenters. The molecular weight excluding hydrogens is 176 g/mol. The Morgan fingerprint density at radius 3 is 3.14 bits per heavy atom. The quantitative estimate of drug-likeness (QED) is 0.511. The molecule has 14 heavy (non-hydrogen) atoms. The Hall–Kier alpha value is -1.90. The summed E-state index contributed by atoms with van der Waals surface area (Å²) >= 11 is 0. The minimum Gasteiger partial charge on any atom is -0.506 e. The summed E-state index contributed by atoms with van der Waals surface area (Å²) in [7, 11) is 0. The van der Waals surface area contributed by atoms with Gasteiger partial charge in [0, 0.05) is 34.9 Å². The van der Waals surface area contributed by atoms with Crippen LogP contribution in [0.1, 0.15) is 0 Å². The van der Waals surface area contributed by atoms with Gasteiger partial charge in [0.25, 0.3) is 0 Å². The van der Waals surface area contributed by atoms with E-state index in [0.717, 1.165) is 23.1 Å². The van der Waals surface area contributed by atoms with Crippen LogP contribution < -0.4 is 21.1 Å². The number of nitrogens with one attached hydrogen (secondary N) is 2. The highest BCUT2D eigenvalue weighted by Gasteiger charge is 2.11. The fraction of sp³-hybridized carbons (Fsp3) is 0.0909. The van der Waals surface area contributed by atoms with Crippen LogP contribution in [0.25, 0.3) is 12.2 Å². The molecule has 0 amide bonds. The van der Waals surface area contributed by atoms with Gasteiger partial charge >= 0.3 is 0 Å². The first-order valence-corrected chi connectivity index (χ1v) is 4.60. The fourth-order valence-corrected chi connectivity index (χ4v) is 1.93. The number of benzene rings is 1. The molecule has 3 rings (SSSR count). The zero-order valence-corrected chi connectivity index (χ0v) is 7.54. The van der Waals surface area contributed by atoms with Gasteiger partial charge in [-0.05, 0) is 6.08 Å². The van der Waals surface area contributed by atoms with Crippen molar-refractivity contribution in [1.82, 2.24) is 0 Å². The van der Waals surface area contributed by atoms with E-state index >= 15 is 0 Å². The summed E-state index contributed by atoms with van der Waals surface area (Å²) in [4.78, 5) is 0. The van der Waals surface area contributed by atoms with Gasteiger partial charge in [-0.2, -0.15) is 0 Å². The molecule has 3 nitrogen and oxygen atoms in total. The van der Waals surface area contributed by atoms with Crippen LogP contribution in [0, 0.1) is 0 Å². The van der Waals surface area contributed by atoms with E-state index in [1.54, 1.807) is 6.07 Å². The summed E-state index contributed by atoms with van der Waals surface area (Å²) in [6.45, 7) is 0.836. The van der Waals surface area contributed by atoms with E-state index in [4.69, 9.17) is 0 Å². The highest BCUT2D eigenvalue weighted by molar-refractivity contribution is 5.74. The lowest BCUT2D eigenvalue weighted by molar-refractivity contribution is 0.477. The molecule has 0 saturated carbocycles. The van der Waals surface area contributed by atoms with Gasteiger partial charge in [0.05, 0.1) is 5.69 Å². The zero-order valence-electron chi connectivity index (χ0n) is 7.54. The number of phenolic OH excluding ortho intramolecular Hbond substituents is 1. The number of hydrogen-bond acceptors (Lipinski definition) is 3. The minimum atomic E-state index is 0.294. The lowest BCUT2D eigenvalue weighted by Gasteiger charge is -2.10. The van der Waals surface area contributed by atoms with Crippen LogP contribution >= 0.6 is 0 Å². The van der Waals surface area contributed by atoms with Gasteiger partial charge in [0.2, 0.25) is 0 Å².